The van der Waals surface area contributed by atoms with Crippen LogP contribution in [-0.4, -0.2) is 67.6 Å². The van der Waals surface area contributed by atoms with Crippen LogP contribution in [0.5, 0.6) is 17.2 Å². The Bertz CT molecular complexity index is 1050. The number of nitrogens with zero attached hydrogens (tertiary/aromatic N) is 3. The molecule has 218 valence electrons. The van der Waals surface area contributed by atoms with Gasteiger partial charge in [-0.15, -0.1) is 0 Å². The number of hydrogen-bond acceptors (Lipinski definition) is 9. The zero-order valence-electron chi connectivity index (χ0n) is 22.7. The molecule has 13 heteroatoms. The Balaban J connectivity index is 0.000000563. The van der Waals surface area contributed by atoms with Crippen molar-refractivity contribution in [1.29, 1.82) is 0 Å². The van der Waals surface area contributed by atoms with Gasteiger partial charge in [0, 0.05) is 55.3 Å². The summed E-state index contributed by atoms with van der Waals surface area (Å²) in [6.45, 7) is 7.73. The summed E-state index contributed by atoms with van der Waals surface area (Å²) in [6, 6.07) is 4.46. The van der Waals surface area contributed by atoms with Crippen molar-refractivity contribution in [3.63, 3.8) is 0 Å². The van der Waals surface area contributed by atoms with Crippen LogP contribution in [0.2, 0.25) is 0 Å². The zero-order chi connectivity index (χ0) is 29.0. The number of carbonyl (C=O) groups excluding carboxylic acids is 3. The van der Waals surface area contributed by atoms with E-state index >= 15 is 0 Å². The van der Waals surface area contributed by atoms with Crippen molar-refractivity contribution < 1.29 is 46.8 Å². The van der Waals surface area contributed by atoms with Crippen molar-refractivity contribution >= 4 is 17.7 Å². The van der Waals surface area contributed by atoms with E-state index in [1.54, 1.807) is 0 Å². The second kappa shape index (κ2) is 20.7. The van der Waals surface area contributed by atoms with E-state index in [0.29, 0.717) is 19.6 Å². The third-order valence-electron chi connectivity index (χ3n) is 4.74. The van der Waals surface area contributed by atoms with Gasteiger partial charge in [0.2, 0.25) is 0 Å². The Hall–Kier alpha value is -4.22. The number of hydrogen-bond donors (Lipinski definition) is 6. The maximum Gasteiger partial charge on any atom is 0.255 e. The summed E-state index contributed by atoms with van der Waals surface area (Å²) in [5.74, 6) is -1.05. The maximum absolute atomic E-state index is 11.3. The van der Waals surface area contributed by atoms with Crippen LogP contribution in [0.15, 0.2) is 55.4 Å². The zero-order valence-corrected chi connectivity index (χ0v) is 23.8. The van der Waals surface area contributed by atoms with Crippen molar-refractivity contribution in [3.8, 4) is 17.2 Å². The second-order valence-corrected chi connectivity index (χ2v) is 7.95. The summed E-state index contributed by atoms with van der Waals surface area (Å²) >= 11 is 0. The Kier molecular flexibility index (Phi) is 18.5. The summed E-state index contributed by atoms with van der Waals surface area (Å²) < 4.78 is 0. The fourth-order valence-corrected chi connectivity index (χ4v) is 2.74. The maximum atomic E-state index is 11.3. The third kappa shape index (κ3) is 13.0. The van der Waals surface area contributed by atoms with E-state index in [1.807, 2.05) is 20.8 Å². The average Bonchev–Trinajstić information content (AvgIpc) is 2.94. The molecule has 3 rings (SSSR count). The van der Waals surface area contributed by atoms with Crippen LogP contribution in [0.1, 0.15) is 71.1 Å². The van der Waals surface area contributed by atoms with Crippen molar-refractivity contribution in [3.05, 3.63) is 72.1 Å². The molecule has 0 atom stereocenters. The van der Waals surface area contributed by atoms with Gasteiger partial charge in [0.15, 0.2) is 0 Å². The van der Waals surface area contributed by atoms with E-state index in [4.69, 9.17) is 0 Å². The molecule has 3 heterocycles. The first-order valence-corrected chi connectivity index (χ1v) is 12.5. The van der Waals surface area contributed by atoms with Gasteiger partial charge in [-0.25, -0.2) is 0 Å². The summed E-state index contributed by atoms with van der Waals surface area (Å²) in [6.07, 6.45) is 10.8. The Labute approximate surface area is 244 Å². The van der Waals surface area contributed by atoms with Crippen LogP contribution in [0.4, 0.5) is 0 Å². The van der Waals surface area contributed by atoms with Crippen molar-refractivity contribution in [1.82, 2.24) is 30.9 Å². The minimum atomic E-state index is -0.262. The summed E-state index contributed by atoms with van der Waals surface area (Å²) in [7, 11) is 0. The molecule has 6 N–H and O–H groups in total. The molecule has 0 saturated carbocycles. The van der Waals surface area contributed by atoms with Crippen LogP contribution in [-0.2, 0) is 17.1 Å². The topological polar surface area (TPSA) is 187 Å². The molecule has 0 aliphatic carbocycles. The minimum Gasteiger partial charge on any atom is -0.505 e. The van der Waals surface area contributed by atoms with E-state index in [1.165, 1.54) is 55.4 Å². The Morgan fingerprint density at radius 2 is 0.825 bits per heavy atom. The molecule has 40 heavy (non-hydrogen) atoms. The first kappa shape index (κ1) is 35.8. The molecular weight excluding hydrogens is 560 g/mol. The van der Waals surface area contributed by atoms with Gasteiger partial charge in [0.1, 0.15) is 17.2 Å². The Morgan fingerprint density at radius 1 is 0.575 bits per heavy atom. The molecule has 3 aromatic rings. The predicted molar refractivity (Wildman–Crippen MR) is 146 cm³/mol. The molecule has 0 unspecified atom stereocenters. The first-order chi connectivity index (χ1) is 18.8. The number of nitrogens with one attached hydrogen (secondary N) is 3. The van der Waals surface area contributed by atoms with Gasteiger partial charge in [-0.3, -0.25) is 29.3 Å². The predicted octanol–water partition coefficient (Wildman–Crippen LogP) is 2.78. The number of carbonyl (C=O) groups is 3. The van der Waals surface area contributed by atoms with Gasteiger partial charge in [-0.05, 0) is 37.5 Å². The SMILES string of the molecule is CCCNC(=O)c1ccncc1O.CCCNC(=O)c1ccncc1O.CCCNC(=O)c1ccncc1O.[Fe]. The van der Waals surface area contributed by atoms with Crippen LogP contribution in [0, 0.1) is 0 Å². The largest absolute Gasteiger partial charge is 0.505 e. The van der Waals surface area contributed by atoms with Gasteiger partial charge >= 0.3 is 0 Å². The van der Waals surface area contributed by atoms with E-state index in [0.717, 1.165) is 19.3 Å². The monoisotopic (exact) mass is 596 g/mol. The summed E-state index contributed by atoms with van der Waals surface area (Å²) in [4.78, 5) is 45.0. The van der Waals surface area contributed by atoms with Crippen LogP contribution in [0.25, 0.3) is 0 Å². The first-order valence-electron chi connectivity index (χ1n) is 12.5. The second-order valence-electron chi connectivity index (χ2n) is 7.95. The molecule has 0 radical (unpaired) electrons. The number of amides is 3. The normalized spacial score (nSPS) is 9.38. The molecule has 12 nitrogen and oxygen atoms in total. The molecule has 0 aliphatic heterocycles. The number of aromatic hydroxyl groups is 3. The van der Waals surface area contributed by atoms with E-state index < -0.39 is 0 Å². The average molecular weight is 596 g/mol. The van der Waals surface area contributed by atoms with Crippen LogP contribution >= 0.6 is 0 Å². The molecular formula is C27H36FeN6O6. The standard InChI is InChI=1S/3C9H12N2O2.Fe/c3*1-2-4-11-9(13)7-3-5-10-6-8(7)12;/h3*3,5-6,12H,2,4H2,1H3,(H,11,13);. The molecule has 0 bridgehead atoms. The molecule has 0 aromatic carbocycles. The van der Waals surface area contributed by atoms with Gasteiger partial charge < -0.3 is 31.3 Å². The summed E-state index contributed by atoms with van der Waals surface area (Å²) in [5.41, 5.74) is 0.801. The number of rotatable bonds is 9. The molecule has 0 aliphatic rings. The van der Waals surface area contributed by atoms with E-state index in [2.05, 4.69) is 30.9 Å². The van der Waals surface area contributed by atoms with Crippen LogP contribution in [0.3, 0.4) is 0 Å². The van der Waals surface area contributed by atoms with Crippen molar-refractivity contribution in [2.45, 2.75) is 40.0 Å². The summed E-state index contributed by atoms with van der Waals surface area (Å²) in [5, 5.41) is 35.8. The number of pyridine rings is 3. The third-order valence-corrected chi connectivity index (χ3v) is 4.74. The van der Waals surface area contributed by atoms with E-state index in [9.17, 15) is 29.7 Å². The fourth-order valence-electron chi connectivity index (χ4n) is 2.74. The minimum absolute atomic E-state index is 0. The quantitative estimate of drug-likeness (QED) is 0.202. The molecule has 0 spiro atoms. The molecule has 3 amide bonds. The molecule has 3 aromatic heterocycles. The van der Waals surface area contributed by atoms with Crippen molar-refractivity contribution in [2.75, 3.05) is 19.6 Å². The van der Waals surface area contributed by atoms with Gasteiger partial charge in [-0.2, -0.15) is 0 Å². The fraction of sp³-hybridized carbons (Fsp3) is 0.333. The van der Waals surface area contributed by atoms with Crippen LogP contribution < -0.4 is 16.0 Å². The molecule has 0 fully saturated rings. The number of aromatic nitrogens is 3. The Morgan fingerprint density at radius 3 is 1.02 bits per heavy atom. The van der Waals surface area contributed by atoms with Crippen molar-refractivity contribution in [2.24, 2.45) is 0 Å². The van der Waals surface area contributed by atoms with E-state index in [-0.39, 0.29) is 68.7 Å². The van der Waals surface area contributed by atoms with Gasteiger partial charge in [-0.1, -0.05) is 20.8 Å². The smallest absolute Gasteiger partial charge is 0.255 e. The van der Waals surface area contributed by atoms with Gasteiger partial charge in [0.25, 0.3) is 17.7 Å². The van der Waals surface area contributed by atoms with Gasteiger partial charge in [0.05, 0.1) is 35.3 Å². The molecule has 0 saturated heterocycles.